The molecule has 3 heterocycles. The van der Waals surface area contributed by atoms with Crippen LogP contribution in [0.3, 0.4) is 0 Å². The lowest BCUT2D eigenvalue weighted by Gasteiger charge is -2.06. The molecule has 0 atom stereocenters. The minimum atomic E-state index is -0.205. The van der Waals surface area contributed by atoms with E-state index >= 15 is 0 Å². The summed E-state index contributed by atoms with van der Waals surface area (Å²) < 4.78 is 1.60. The maximum absolute atomic E-state index is 12.8. The lowest BCUT2D eigenvalue weighted by Crippen LogP contribution is -2.15. The molecule has 1 amide bonds. The first kappa shape index (κ1) is 18.2. The van der Waals surface area contributed by atoms with Gasteiger partial charge in [0, 0.05) is 30.1 Å². The maximum atomic E-state index is 12.8. The first-order valence-corrected chi connectivity index (χ1v) is 10.2. The third-order valence-corrected chi connectivity index (χ3v) is 5.77. The Kier molecular flexibility index (Phi) is 4.57. The number of aromatic nitrogens is 4. The van der Waals surface area contributed by atoms with Crippen LogP contribution < -0.4 is 5.32 Å². The van der Waals surface area contributed by atoms with Crippen molar-refractivity contribution in [3.8, 4) is 21.8 Å². The van der Waals surface area contributed by atoms with E-state index in [-0.39, 0.29) is 5.91 Å². The molecule has 0 aliphatic heterocycles. The lowest BCUT2D eigenvalue weighted by molar-refractivity contribution is 0.101. The number of thiazole rings is 1. The van der Waals surface area contributed by atoms with Crippen LogP contribution in [-0.2, 0) is 7.05 Å². The second-order valence-electron chi connectivity index (χ2n) is 6.78. The van der Waals surface area contributed by atoms with E-state index in [1.165, 1.54) is 0 Å². The molecular weight excluding hydrogens is 394 g/mol. The highest BCUT2D eigenvalue weighted by atomic mass is 32.1. The van der Waals surface area contributed by atoms with Gasteiger partial charge >= 0.3 is 0 Å². The molecule has 1 N–H and O–H groups in total. The molecular formula is C23H17N5OS. The van der Waals surface area contributed by atoms with Crippen molar-refractivity contribution in [2.45, 2.75) is 0 Å². The van der Waals surface area contributed by atoms with Crippen LogP contribution in [0.1, 0.15) is 10.5 Å². The van der Waals surface area contributed by atoms with Crippen LogP contribution in [0.15, 0.2) is 79.0 Å². The summed E-state index contributed by atoms with van der Waals surface area (Å²) in [5.41, 5.74) is 4.83. The van der Waals surface area contributed by atoms with Crippen molar-refractivity contribution in [3.05, 3.63) is 84.7 Å². The summed E-state index contributed by atoms with van der Waals surface area (Å²) in [7, 11) is 1.77. The summed E-state index contributed by atoms with van der Waals surface area (Å²) in [6, 6.07) is 23.1. The van der Waals surface area contributed by atoms with Crippen LogP contribution in [0.4, 0.5) is 5.69 Å². The van der Waals surface area contributed by atoms with Gasteiger partial charge in [-0.25, -0.2) is 9.97 Å². The van der Waals surface area contributed by atoms with Crippen molar-refractivity contribution in [3.63, 3.8) is 0 Å². The number of hydrogen-bond acceptors (Lipinski definition) is 5. The minimum Gasteiger partial charge on any atom is -0.321 e. The van der Waals surface area contributed by atoms with Crippen molar-refractivity contribution in [2.75, 3.05) is 5.32 Å². The SMILES string of the molecule is Cn1nc(-c2ccccc2)cc1C(=O)Nc1ccc(-c2nc3cccnc3s2)cc1. The number of nitrogens with one attached hydrogen (secondary N) is 1. The van der Waals surface area contributed by atoms with Crippen LogP contribution >= 0.6 is 11.3 Å². The average molecular weight is 411 g/mol. The quantitative estimate of drug-likeness (QED) is 0.451. The van der Waals surface area contributed by atoms with E-state index in [9.17, 15) is 4.79 Å². The third-order valence-electron chi connectivity index (χ3n) is 4.74. The van der Waals surface area contributed by atoms with Gasteiger partial charge in [-0.15, -0.1) is 0 Å². The second kappa shape index (κ2) is 7.53. The number of amides is 1. The van der Waals surface area contributed by atoms with Gasteiger partial charge in [-0.2, -0.15) is 5.10 Å². The van der Waals surface area contributed by atoms with Gasteiger partial charge in [0.1, 0.15) is 21.0 Å². The summed E-state index contributed by atoms with van der Waals surface area (Å²) in [5, 5.41) is 8.30. The number of carbonyl (C=O) groups is 1. The Bertz CT molecular complexity index is 1310. The van der Waals surface area contributed by atoms with Crippen LogP contribution in [0, 0.1) is 0 Å². The first-order chi connectivity index (χ1) is 14.7. The molecule has 0 aliphatic carbocycles. The fraction of sp³-hybridized carbons (Fsp3) is 0.0435. The van der Waals surface area contributed by atoms with Crippen LogP contribution in [-0.4, -0.2) is 25.7 Å². The van der Waals surface area contributed by atoms with Crippen LogP contribution in [0.5, 0.6) is 0 Å². The van der Waals surface area contributed by atoms with E-state index in [1.807, 2.05) is 66.7 Å². The molecule has 0 bridgehead atoms. The molecule has 0 saturated carbocycles. The largest absolute Gasteiger partial charge is 0.321 e. The highest BCUT2D eigenvalue weighted by Gasteiger charge is 2.15. The number of aryl methyl sites for hydroxylation is 1. The zero-order valence-corrected chi connectivity index (χ0v) is 16.9. The van der Waals surface area contributed by atoms with Crippen molar-refractivity contribution in [1.82, 2.24) is 19.7 Å². The van der Waals surface area contributed by atoms with Crippen molar-refractivity contribution in [2.24, 2.45) is 7.05 Å². The highest BCUT2D eigenvalue weighted by Crippen LogP contribution is 2.29. The van der Waals surface area contributed by atoms with Gasteiger partial charge in [-0.1, -0.05) is 41.7 Å². The lowest BCUT2D eigenvalue weighted by atomic mass is 10.1. The summed E-state index contributed by atoms with van der Waals surface area (Å²) in [6.45, 7) is 0. The van der Waals surface area contributed by atoms with Gasteiger partial charge in [0.05, 0.1) is 5.69 Å². The van der Waals surface area contributed by atoms with Gasteiger partial charge < -0.3 is 5.32 Å². The summed E-state index contributed by atoms with van der Waals surface area (Å²) in [6.07, 6.45) is 1.77. The molecule has 30 heavy (non-hydrogen) atoms. The van der Waals surface area contributed by atoms with Gasteiger partial charge in [-0.3, -0.25) is 9.48 Å². The topological polar surface area (TPSA) is 72.7 Å². The number of benzene rings is 2. The Morgan fingerprint density at radius 3 is 2.53 bits per heavy atom. The average Bonchev–Trinajstić information content (AvgIpc) is 3.38. The summed E-state index contributed by atoms with van der Waals surface area (Å²) in [4.78, 5) is 22.6. The van der Waals surface area contributed by atoms with Gasteiger partial charge in [-0.05, 0) is 42.5 Å². The Labute approximate surface area is 176 Å². The van der Waals surface area contributed by atoms with Crippen LogP contribution in [0.25, 0.3) is 32.2 Å². The van der Waals surface area contributed by atoms with E-state index in [2.05, 4.69) is 20.4 Å². The first-order valence-electron chi connectivity index (χ1n) is 9.40. The number of hydrogen-bond donors (Lipinski definition) is 1. The fourth-order valence-corrected chi connectivity index (χ4v) is 4.13. The van der Waals surface area contributed by atoms with Crippen LogP contribution in [0.2, 0.25) is 0 Å². The van der Waals surface area contributed by atoms with Gasteiger partial charge in [0.15, 0.2) is 0 Å². The maximum Gasteiger partial charge on any atom is 0.273 e. The molecule has 146 valence electrons. The molecule has 0 fully saturated rings. The van der Waals surface area contributed by atoms with Crippen molar-refractivity contribution < 1.29 is 4.79 Å². The van der Waals surface area contributed by atoms with E-state index in [0.29, 0.717) is 11.4 Å². The standard InChI is InChI=1S/C23H17N5OS/c1-28-20(14-19(27-28)15-6-3-2-4-7-15)21(29)25-17-11-9-16(10-12-17)22-26-18-8-5-13-24-23(18)30-22/h2-14H,1H3,(H,25,29). The second-order valence-corrected chi connectivity index (χ2v) is 7.76. The van der Waals surface area contributed by atoms with E-state index in [0.717, 1.165) is 32.2 Å². The number of fused-ring (bicyclic) bond motifs is 1. The molecule has 5 rings (SSSR count). The third kappa shape index (κ3) is 3.46. The van der Waals surface area contributed by atoms with Crippen molar-refractivity contribution in [1.29, 1.82) is 0 Å². The molecule has 6 nitrogen and oxygen atoms in total. The van der Waals surface area contributed by atoms with E-state index in [1.54, 1.807) is 35.3 Å². The predicted molar refractivity (Wildman–Crippen MR) is 119 cm³/mol. The number of carbonyl (C=O) groups excluding carboxylic acids is 1. The minimum absolute atomic E-state index is 0.205. The predicted octanol–water partition coefficient (Wildman–Crippen LogP) is 5.01. The molecule has 0 aliphatic rings. The monoisotopic (exact) mass is 411 g/mol. The smallest absolute Gasteiger partial charge is 0.273 e. The Morgan fingerprint density at radius 1 is 0.967 bits per heavy atom. The molecule has 0 spiro atoms. The molecule has 3 aromatic heterocycles. The molecule has 0 radical (unpaired) electrons. The summed E-state index contributed by atoms with van der Waals surface area (Å²) >= 11 is 1.55. The molecule has 2 aromatic carbocycles. The van der Waals surface area contributed by atoms with E-state index < -0.39 is 0 Å². The molecule has 0 unspecified atom stereocenters. The number of rotatable bonds is 4. The number of anilines is 1. The zero-order valence-electron chi connectivity index (χ0n) is 16.1. The zero-order chi connectivity index (χ0) is 20.5. The normalized spacial score (nSPS) is 11.0. The Hall–Kier alpha value is -3.84. The Balaban J connectivity index is 1.35. The van der Waals surface area contributed by atoms with Crippen molar-refractivity contribution >= 4 is 33.3 Å². The Morgan fingerprint density at radius 2 is 1.77 bits per heavy atom. The molecule has 7 heteroatoms. The highest BCUT2D eigenvalue weighted by molar-refractivity contribution is 7.21. The fourth-order valence-electron chi connectivity index (χ4n) is 3.21. The van der Waals surface area contributed by atoms with E-state index in [4.69, 9.17) is 0 Å². The number of pyridine rings is 1. The van der Waals surface area contributed by atoms with Gasteiger partial charge in [0.25, 0.3) is 5.91 Å². The molecule has 0 saturated heterocycles. The number of nitrogens with zero attached hydrogens (tertiary/aromatic N) is 4. The van der Waals surface area contributed by atoms with Gasteiger partial charge in [0.2, 0.25) is 0 Å². The summed E-state index contributed by atoms with van der Waals surface area (Å²) in [5.74, 6) is -0.205. The molecule has 5 aromatic rings.